The van der Waals surface area contributed by atoms with Crippen molar-refractivity contribution >= 4 is 17.7 Å². The van der Waals surface area contributed by atoms with Crippen LogP contribution in [0.1, 0.15) is 20.3 Å². The van der Waals surface area contributed by atoms with E-state index >= 15 is 0 Å². The van der Waals surface area contributed by atoms with Crippen molar-refractivity contribution in [2.24, 2.45) is 0 Å². The number of rotatable bonds is 3. The van der Waals surface area contributed by atoms with Gasteiger partial charge in [0.15, 0.2) is 0 Å². The molecule has 0 aromatic heterocycles. The maximum atomic E-state index is 11.1. The zero-order valence-electron chi connectivity index (χ0n) is 8.37. The third-order valence-corrected chi connectivity index (χ3v) is 3.60. The summed E-state index contributed by atoms with van der Waals surface area (Å²) in [4.78, 5) is 11.1. The van der Waals surface area contributed by atoms with E-state index in [0.29, 0.717) is 11.3 Å². The lowest BCUT2D eigenvalue weighted by Gasteiger charge is -2.16. The van der Waals surface area contributed by atoms with E-state index in [9.17, 15) is 4.79 Å². The Morgan fingerprint density at radius 1 is 1.69 bits per heavy atom. The Morgan fingerprint density at radius 3 is 2.85 bits per heavy atom. The van der Waals surface area contributed by atoms with Crippen molar-refractivity contribution < 1.29 is 9.53 Å². The fraction of sp³-hybridized carbons (Fsp3) is 0.889. The van der Waals surface area contributed by atoms with Crippen LogP contribution in [0, 0.1) is 0 Å². The van der Waals surface area contributed by atoms with Gasteiger partial charge in [-0.2, -0.15) is 11.8 Å². The molecule has 1 fully saturated rings. The van der Waals surface area contributed by atoms with E-state index in [2.05, 4.69) is 17.0 Å². The van der Waals surface area contributed by atoms with Gasteiger partial charge < -0.3 is 10.1 Å². The predicted octanol–water partition coefficient (Wildman–Crippen LogP) is 1.03. The number of thioether (sulfide) groups is 1. The minimum atomic E-state index is -0.180. The highest BCUT2D eigenvalue weighted by molar-refractivity contribution is 8.00. The summed E-state index contributed by atoms with van der Waals surface area (Å²) in [7, 11) is 1.42. The van der Waals surface area contributed by atoms with Gasteiger partial charge in [-0.15, -0.1) is 0 Å². The number of hydrogen-bond acceptors (Lipinski definition) is 4. The molecule has 1 N–H and O–H groups in total. The molecule has 0 spiro atoms. The molecule has 13 heavy (non-hydrogen) atoms. The van der Waals surface area contributed by atoms with Crippen molar-refractivity contribution in [2.75, 3.05) is 12.9 Å². The molecule has 0 aromatic rings. The molecule has 4 heteroatoms. The summed E-state index contributed by atoms with van der Waals surface area (Å²) in [6, 6.07) is 0.287. The van der Waals surface area contributed by atoms with Crippen molar-refractivity contribution in [1.29, 1.82) is 0 Å². The molecule has 0 radical (unpaired) electrons. The largest absolute Gasteiger partial charge is 0.468 e. The molecule has 0 aliphatic carbocycles. The van der Waals surface area contributed by atoms with Gasteiger partial charge in [0.05, 0.1) is 7.11 Å². The molecular formula is C9H17NO2S. The number of carbonyl (C=O) groups excluding carboxylic acids is 1. The molecule has 2 unspecified atom stereocenters. The second-order valence-electron chi connectivity index (χ2n) is 3.49. The fourth-order valence-corrected chi connectivity index (χ4v) is 2.69. The Morgan fingerprint density at radius 2 is 2.38 bits per heavy atom. The van der Waals surface area contributed by atoms with Crippen LogP contribution in [0.3, 0.4) is 0 Å². The minimum absolute atomic E-state index is 0.176. The quantitative estimate of drug-likeness (QED) is 0.695. The van der Waals surface area contributed by atoms with Gasteiger partial charge in [-0.05, 0) is 13.3 Å². The highest BCUT2D eigenvalue weighted by Crippen LogP contribution is 2.26. The molecule has 3 atom stereocenters. The second kappa shape index (κ2) is 4.86. The van der Waals surface area contributed by atoms with Crippen LogP contribution < -0.4 is 5.32 Å². The zero-order chi connectivity index (χ0) is 9.84. The molecule has 1 aliphatic rings. The summed E-state index contributed by atoms with van der Waals surface area (Å²) in [5, 5.41) is 3.98. The van der Waals surface area contributed by atoms with Crippen molar-refractivity contribution in [1.82, 2.24) is 5.32 Å². The maximum absolute atomic E-state index is 11.1. The van der Waals surface area contributed by atoms with Crippen LogP contribution in [0.5, 0.6) is 0 Å². The Bertz CT molecular complexity index is 186. The average molecular weight is 203 g/mol. The van der Waals surface area contributed by atoms with E-state index in [1.54, 1.807) is 0 Å². The smallest absolute Gasteiger partial charge is 0.322 e. The standard InChI is InChI=1S/C9H17NO2S/c1-6-4-8(5-13-6)10-7(2)9(11)12-3/h6-8,10H,4-5H2,1-3H3/t6?,7-,8?/m0/s1. The number of nitrogens with one attached hydrogen (secondary N) is 1. The Hall–Kier alpha value is -0.220. The van der Waals surface area contributed by atoms with Gasteiger partial charge in [0.1, 0.15) is 6.04 Å². The van der Waals surface area contributed by atoms with Gasteiger partial charge in [0.25, 0.3) is 0 Å². The number of hydrogen-bond donors (Lipinski definition) is 1. The van der Waals surface area contributed by atoms with E-state index in [0.717, 1.165) is 12.2 Å². The lowest BCUT2D eigenvalue weighted by atomic mass is 10.2. The fourth-order valence-electron chi connectivity index (χ4n) is 1.53. The molecule has 76 valence electrons. The summed E-state index contributed by atoms with van der Waals surface area (Å²) < 4.78 is 4.64. The molecular weight excluding hydrogens is 186 g/mol. The molecule has 3 nitrogen and oxygen atoms in total. The summed E-state index contributed by atoms with van der Waals surface area (Å²) in [6.07, 6.45) is 1.14. The normalized spacial score (nSPS) is 30.1. The van der Waals surface area contributed by atoms with E-state index in [1.165, 1.54) is 7.11 Å². The van der Waals surface area contributed by atoms with Gasteiger partial charge >= 0.3 is 5.97 Å². The number of methoxy groups -OCH3 is 1. The number of carbonyl (C=O) groups is 1. The zero-order valence-corrected chi connectivity index (χ0v) is 9.19. The lowest BCUT2D eigenvalue weighted by Crippen LogP contribution is -2.42. The molecule has 0 bridgehead atoms. The highest BCUT2D eigenvalue weighted by atomic mass is 32.2. The van der Waals surface area contributed by atoms with Gasteiger partial charge in [-0.3, -0.25) is 4.79 Å². The molecule has 0 aromatic carbocycles. The van der Waals surface area contributed by atoms with Gasteiger partial charge in [0, 0.05) is 17.0 Å². The summed E-state index contributed by atoms with van der Waals surface area (Å²) in [6.45, 7) is 4.06. The molecule has 0 amide bonds. The average Bonchev–Trinajstić information content (AvgIpc) is 2.49. The summed E-state index contributed by atoms with van der Waals surface area (Å²) in [5.41, 5.74) is 0. The van der Waals surface area contributed by atoms with Crippen LogP contribution in [0.15, 0.2) is 0 Å². The third-order valence-electron chi connectivity index (χ3n) is 2.24. The molecule has 1 heterocycles. The summed E-state index contributed by atoms with van der Waals surface area (Å²) in [5.74, 6) is 0.923. The summed E-state index contributed by atoms with van der Waals surface area (Å²) >= 11 is 1.95. The Balaban J connectivity index is 2.28. The molecule has 0 saturated carbocycles. The van der Waals surface area contributed by atoms with E-state index in [1.807, 2.05) is 18.7 Å². The highest BCUT2D eigenvalue weighted by Gasteiger charge is 2.25. The number of esters is 1. The van der Waals surface area contributed by atoms with Gasteiger partial charge in [0.2, 0.25) is 0 Å². The first-order chi connectivity index (χ1) is 6.13. The second-order valence-corrected chi connectivity index (χ2v) is 4.96. The van der Waals surface area contributed by atoms with Crippen molar-refractivity contribution in [3.8, 4) is 0 Å². The topological polar surface area (TPSA) is 38.3 Å². The first-order valence-electron chi connectivity index (χ1n) is 4.59. The first-order valence-corrected chi connectivity index (χ1v) is 5.64. The maximum Gasteiger partial charge on any atom is 0.322 e. The van der Waals surface area contributed by atoms with Crippen LogP contribution in [-0.2, 0) is 9.53 Å². The van der Waals surface area contributed by atoms with Crippen molar-refractivity contribution in [3.05, 3.63) is 0 Å². The minimum Gasteiger partial charge on any atom is -0.468 e. The van der Waals surface area contributed by atoms with E-state index in [4.69, 9.17) is 0 Å². The predicted molar refractivity (Wildman–Crippen MR) is 54.9 cm³/mol. The van der Waals surface area contributed by atoms with Gasteiger partial charge in [-0.25, -0.2) is 0 Å². The van der Waals surface area contributed by atoms with Crippen molar-refractivity contribution in [2.45, 2.75) is 37.6 Å². The van der Waals surface area contributed by atoms with Crippen LogP contribution in [0.4, 0.5) is 0 Å². The van der Waals surface area contributed by atoms with E-state index in [-0.39, 0.29) is 12.0 Å². The SMILES string of the molecule is COC(=O)[C@H](C)NC1CSC(C)C1. The van der Waals surface area contributed by atoms with Crippen LogP contribution in [0.2, 0.25) is 0 Å². The van der Waals surface area contributed by atoms with Crippen LogP contribution in [0.25, 0.3) is 0 Å². The van der Waals surface area contributed by atoms with E-state index < -0.39 is 0 Å². The van der Waals surface area contributed by atoms with Crippen LogP contribution >= 0.6 is 11.8 Å². The van der Waals surface area contributed by atoms with Crippen molar-refractivity contribution in [3.63, 3.8) is 0 Å². The molecule has 1 saturated heterocycles. The van der Waals surface area contributed by atoms with Crippen LogP contribution in [-0.4, -0.2) is 36.2 Å². The monoisotopic (exact) mass is 203 g/mol. The molecule has 1 aliphatic heterocycles. The first kappa shape index (κ1) is 10.9. The Kier molecular flexibility index (Phi) is 4.06. The lowest BCUT2D eigenvalue weighted by molar-refractivity contribution is -0.142. The molecule has 1 rings (SSSR count). The van der Waals surface area contributed by atoms with Gasteiger partial charge in [-0.1, -0.05) is 6.92 Å². The third kappa shape index (κ3) is 3.19. The number of ether oxygens (including phenoxy) is 1. The Labute approximate surface area is 83.6 Å².